The van der Waals surface area contributed by atoms with Crippen LogP contribution in [0.15, 0.2) is 6.20 Å². The van der Waals surface area contributed by atoms with Gasteiger partial charge in [0.25, 0.3) is 0 Å². The number of H-pyrrole nitrogens is 1. The lowest BCUT2D eigenvalue weighted by Crippen LogP contribution is -2.20. The van der Waals surface area contributed by atoms with Gasteiger partial charge in [0.2, 0.25) is 5.95 Å². The number of nitrogens with one attached hydrogen (secondary N) is 2. The molecule has 2 rings (SSSR count). The van der Waals surface area contributed by atoms with Crippen molar-refractivity contribution in [1.29, 1.82) is 0 Å². The standard InChI is InChI=1S/C12H20N6/c1-4-6-13-12-15-10-9(8-14-17-10)11(16-12)18(3)7-5-2/h8H,4-7H2,1-3H3,(H2,13,14,15,16,17). The van der Waals surface area contributed by atoms with E-state index < -0.39 is 0 Å². The average molecular weight is 248 g/mol. The topological polar surface area (TPSA) is 69.7 Å². The van der Waals surface area contributed by atoms with Crippen molar-refractivity contribution < 1.29 is 0 Å². The first-order valence-electron chi connectivity index (χ1n) is 6.42. The highest BCUT2D eigenvalue weighted by Gasteiger charge is 2.12. The van der Waals surface area contributed by atoms with Crippen LogP contribution in [0.4, 0.5) is 11.8 Å². The second-order valence-corrected chi connectivity index (χ2v) is 4.35. The van der Waals surface area contributed by atoms with Crippen LogP contribution in [0, 0.1) is 0 Å². The lowest BCUT2D eigenvalue weighted by atomic mass is 10.3. The first-order valence-corrected chi connectivity index (χ1v) is 6.42. The molecular weight excluding hydrogens is 228 g/mol. The summed E-state index contributed by atoms with van der Waals surface area (Å²) in [5.41, 5.74) is 0.779. The van der Waals surface area contributed by atoms with E-state index in [0.717, 1.165) is 42.8 Å². The SMILES string of the molecule is CCCNc1nc(N(C)CCC)c2cn[nH]c2n1. The Morgan fingerprint density at radius 1 is 1.28 bits per heavy atom. The maximum absolute atomic E-state index is 4.57. The van der Waals surface area contributed by atoms with Gasteiger partial charge in [-0.1, -0.05) is 13.8 Å². The van der Waals surface area contributed by atoms with Crippen molar-refractivity contribution in [3.63, 3.8) is 0 Å². The van der Waals surface area contributed by atoms with Crippen LogP contribution in [0.5, 0.6) is 0 Å². The van der Waals surface area contributed by atoms with Gasteiger partial charge in [-0.15, -0.1) is 0 Å². The smallest absolute Gasteiger partial charge is 0.226 e. The summed E-state index contributed by atoms with van der Waals surface area (Å²) in [6.45, 7) is 6.10. The van der Waals surface area contributed by atoms with Crippen LogP contribution in [0.2, 0.25) is 0 Å². The molecule has 0 aliphatic rings. The third-order valence-corrected chi connectivity index (χ3v) is 2.74. The molecule has 2 N–H and O–H groups in total. The van der Waals surface area contributed by atoms with Gasteiger partial charge < -0.3 is 10.2 Å². The Balaban J connectivity index is 2.38. The van der Waals surface area contributed by atoms with Gasteiger partial charge in [0, 0.05) is 20.1 Å². The molecule has 2 aromatic heterocycles. The second kappa shape index (κ2) is 5.66. The van der Waals surface area contributed by atoms with E-state index in [0.29, 0.717) is 5.95 Å². The zero-order chi connectivity index (χ0) is 13.0. The molecule has 0 amide bonds. The maximum atomic E-state index is 4.57. The van der Waals surface area contributed by atoms with Crippen LogP contribution in [-0.4, -0.2) is 40.3 Å². The number of rotatable bonds is 6. The number of hydrogen-bond acceptors (Lipinski definition) is 5. The molecule has 0 radical (unpaired) electrons. The summed E-state index contributed by atoms with van der Waals surface area (Å²) in [6.07, 6.45) is 3.91. The van der Waals surface area contributed by atoms with E-state index in [9.17, 15) is 0 Å². The predicted octanol–water partition coefficient (Wildman–Crippen LogP) is 2.02. The molecular formula is C12H20N6. The fourth-order valence-electron chi connectivity index (χ4n) is 1.87. The van der Waals surface area contributed by atoms with Gasteiger partial charge in [0.1, 0.15) is 5.82 Å². The Kier molecular flexibility index (Phi) is 3.96. The molecule has 0 spiro atoms. The van der Waals surface area contributed by atoms with Crippen molar-refractivity contribution in [3.05, 3.63) is 6.20 Å². The number of hydrogen-bond donors (Lipinski definition) is 2. The van der Waals surface area contributed by atoms with Crippen molar-refractivity contribution >= 4 is 22.8 Å². The highest BCUT2D eigenvalue weighted by atomic mass is 15.2. The molecule has 0 aromatic carbocycles. The van der Waals surface area contributed by atoms with Crippen LogP contribution in [0.25, 0.3) is 11.0 Å². The van der Waals surface area contributed by atoms with E-state index in [-0.39, 0.29) is 0 Å². The largest absolute Gasteiger partial charge is 0.359 e. The number of nitrogens with zero attached hydrogens (tertiary/aromatic N) is 4. The zero-order valence-corrected chi connectivity index (χ0v) is 11.2. The molecule has 98 valence electrons. The molecule has 0 aliphatic heterocycles. The summed E-state index contributed by atoms with van der Waals surface area (Å²) in [5.74, 6) is 1.58. The Bertz CT molecular complexity index is 506. The van der Waals surface area contributed by atoms with Crippen molar-refractivity contribution in [1.82, 2.24) is 20.2 Å². The fourth-order valence-corrected chi connectivity index (χ4v) is 1.87. The van der Waals surface area contributed by atoms with Crippen molar-refractivity contribution in [3.8, 4) is 0 Å². The zero-order valence-electron chi connectivity index (χ0n) is 11.2. The van der Waals surface area contributed by atoms with E-state index >= 15 is 0 Å². The number of aromatic amines is 1. The summed E-state index contributed by atoms with van der Waals surface area (Å²) in [6, 6.07) is 0. The Hall–Kier alpha value is -1.85. The van der Waals surface area contributed by atoms with Gasteiger partial charge in [-0.25, -0.2) is 0 Å². The highest BCUT2D eigenvalue weighted by Crippen LogP contribution is 2.22. The van der Waals surface area contributed by atoms with Gasteiger partial charge >= 0.3 is 0 Å². The van der Waals surface area contributed by atoms with Gasteiger partial charge in [0.15, 0.2) is 5.65 Å². The minimum absolute atomic E-state index is 0.659. The summed E-state index contributed by atoms with van der Waals surface area (Å²) >= 11 is 0. The quantitative estimate of drug-likeness (QED) is 0.818. The van der Waals surface area contributed by atoms with E-state index in [4.69, 9.17) is 0 Å². The summed E-state index contributed by atoms with van der Waals surface area (Å²) in [7, 11) is 2.04. The molecule has 18 heavy (non-hydrogen) atoms. The van der Waals surface area contributed by atoms with Crippen molar-refractivity contribution in [2.24, 2.45) is 0 Å². The first-order chi connectivity index (χ1) is 8.76. The molecule has 2 aromatic rings. The van der Waals surface area contributed by atoms with Crippen LogP contribution in [-0.2, 0) is 0 Å². The number of aromatic nitrogens is 4. The van der Waals surface area contributed by atoms with Crippen LogP contribution < -0.4 is 10.2 Å². The van der Waals surface area contributed by atoms with E-state index in [1.165, 1.54) is 0 Å². The lowest BCUT2D eigenvalue weighted by molar-refractivity contribution is 0.838. The monoisotopic (exact) mass is 248 g/mol. The maximum Gasteiger partial charge on any atom is 0.226 e. The van der Waals surface area contributed by atoms with Crippen LogP contribution >= 0.6 is 0 Å². The van der Waals surface area contributed by atoms with E-state index in [2.05, 4.69) is 44.2 Å². The van der Waals surface area contributed by atoms with Crippen molar-refractivity contribution in [2.75, 3.05) is 30.4 Å². The van der Waals surface area contributed by atoms with Gasteiger partial charge in [-0.05, 0) is 12.8 Å². The third kappa shape index (κ3) is 2.52. The Morgan fingerprint density at radius 3 is 2.83 bits per heavy atom. The molecule has 0 fully saturated rings. The molecule has 0 saturated heterocycles. The fraction of sp³-hybridized carbons (Fsp3) is 0.583. The summed E-state index contributed by atoms with van der Waals surface area (Å²) < 4.78 is 0. The minimum Gasteiger partial charge on any atom is -0.359 e. The third-order valence-electron chi connectivity index (χ3n) is 2.74. The van der Waals surface area contributed by atoms with Crippen LogP contribution in [0.1, 0.15) is 26.7 Å². The Morgan fingerprint density at radius 2 is 2.11 bits per heavy atom. The highest BCUT2D eigenvalue weighted by molar-refractivity contribution is 5.87. The minimum atomic E-state index is 0.659. The van der Waals surface area contributed by atoms with Gasteiger partial charge in [0.05, 0.1) is 11.6 Å². The Labute approximate surface area is 107 Å². The first kappa shape index (κ1) is 12.6. The number of fused-ring (bicyclic) bond motifs is 1. The van der Waals surface area contributed by atoms with E-state index in [1.807, 2.05) is 7.05 Å². The predicted molar refractivity (Wildman–Crippen MR) is 74.0 cm³/mol. The summed E-state index contributed by atoms with van der Waals surface area (Å²) in [5, 5.41) is 11.1. The summed E-state index contributed by atoms with van der Waals surface area (Å²) in [4.78, 5) is 11.1. The normalized spacial score (nSPS) is 10.8. The molecule has 0 unspecified atom stereocenters. The number of anilines is 2. The van der Waals surface area contributed by atoms with E-state index in [1.54, 1.807) is 6.20 Å². The molecule has 0 bridgehead atoms. The molecule has 6 nitrogen and oxygen atoms in total. The molecule has 0 atom stereocenters. The van der Waals surface area contributed by atoms with Gasteiger partial charge in [-0.3, -0.25) is 5.10 Å². The second-order valence-electron chi connectivity index (χ2n) is 4.35. The molecule has 2 heterocycles. The van der Waals surface area contributed by atoms with Crippen LogP contribution in [0.3, 0.4) is 0 Å². The molecule has 0 saturated carbocycles. The van der Waals surface area contributed by atoms with Crippen molar-refractivity contribution in [2.45, 2.75) is 26.7 Å². The van der Waals surface area contributed by atoms with Gasteiger partial charge in [-0.2, -0.15) is 15.1 Å². The average Bonchev–Trinajstić information content (AvgIpc) is 2.83. The molecule has 0 aliphatic carbocycles. The lowest BCUT2D eigenvalue weighted by Gasteiger charge is -2.18. The molecule has 6 heteroatoms.